The fourth-order valence-electron chi connectivity index (χ4n) is 1.76. The maximum absolute atomic E-state index is 12.1. The van der Waals surface area contributed by atoms with Crippen LogP contribution < -0.4 is 0 Å². The van der Waals surface area contributed by atoms with Gasteiger partial charge in [0.15, 0.2) is 6.61 Å². The fourth-order valence-corrected chi connectivity index (χ4v) is 1.76. The first-order valence-electron chi connectivity index (χ1n) is 7.08. The molecule has 122 valence electrons. The van der Waals surface area contributed by atoms with Gasteiger partial charge in [0.1, 0.15) is 0 Å². The van der Waals surface area contributed by atoms with Crippen molar-refractivity contribution in [2.24, 2.45) is 0 Å². The lowest BCUT2D eigenvalue weighted by Gasteiger charge is -2.21. The van der Waals surface area contributed by atoms with E-state index in [2.05, 4.69) is 0 Å². The van der Waals surface area contributed by atoms with Gasteiger partial charge in [-0.25, -0.2) is 4.79 Å². The summed E-state index contributed by atoms with van der Waals surface area (Å²) in [6.45, 7) is 3.34. The Morgan fingerprint density at radius 3 is 2.05 bits per heavy atom. The van der Waals surface area contributed by atoms with Crippen molar-refractivity contribution in [3.63, 3.8) is 0 Å². The minimum absolute atomic E-state index is 0.269. The molecule has 0 heterocycles. The molecule has 22 heavy (non-hydrogen) atoms. The Morgan fingerprint density at radius 1 is 1.00 bits per heavy atom. The molecule has 6 heteroatoms. The van der Waals surface area contributed by atoms with E-state index in [9.17, 15) is 9.59 Å². The molecule has 0 bridgehead atoms. The molecular formula is C16H23NO5. The molecule has 0 aliphatic rings. The monoisotopic (exact) mass is 309 g/mol. The summed E-state index contributed by atoms with van der Waals surface area (Å²) in [5.41, 5.74) is 1.48. The van der Waals surface area contributed by atoms with Crippen LogP contribution in [0.3, 0.4) is 0 Å². The van der Waals surface area contributed by atoms with Crippen LogP contribution >= 0.6 is 0 Å². The molecule has 0 saturated heterocycles. The van der Waals surface area contributed by atoms with Crippen LogP contribution in [0, 0.1) is 6.92 Å². The van der Waals surface area contributed by atoms with Gasteiger partial charge in [-0.1, -0.05) is 17.7 Å². The Hall–Kier alpha value is -1.92. The summed E-state index contributed by atoms with van der Waals surface area (Å²) in [4.78, 5) is 25.5. The number of ether oxygens (including phenoxy) is 3. The summed E-state index contributed by atoms with van der Waals surface area (Å²) in [7, 11) is 3.13. The molecule has 0 aromatic heterocycles. The van der Waals surface area contributed by atoms with Crippen LogP contribution in [-0.4, -0.2) is 63.9 Å². The highest BCUT2D eigenvalue weighted by atomic mass is 16.5. The normalized spacial score (nSPS) is 10.3. The molecule has 0 radical (unpaired) electrons. The Kier molecular flexibility index (Phi) is 8.17. The number of methoxy groups -OCH3 is 2. The molecule has 0 atom stereocenters. The van der Waals surface area contributed by atoms with E-state index in [1.54, 1.807) is 31.3 Å². The number of hydrogen-bond donors (Lipinski definition) is 0. The van der Waals surface area contributed by atoms with Crippen LogP contribution in [0.4, 0.5) is 0 Å². The molecule has 0 spiro atoms. The van der Waals surface area contributed by atoms with Crippen LogP contribution in [0.25, 0.3) is 0 Å². The van der Waals surface area contributed by atoms with Crippen LogP contribution in [0.1, 0.15) is 15.9 Å². The molecular weight excluding hydrogens is 286 g/mol. The molecule has 1 rings (SSSR count). The van der Waals surface area contributed by atoms with Crippen molar-refractivity contribution in [2.45, 2.75) is 6.92 Å². The molecule has 1 amide bonds. The van der Waals surface area contributed by atoms with Crippen molar-refractivity contribution < 1.29 is 23.8 Å². The van der Waals surface area contributed by atoms with Crippen LogP contribution in [0.5, 0.6) is 0 Å². The third kappa shape index (κ3) is 6.24. The SMILES string of the molecule is COCCN(CCOC)C(=O)COC(=O)c1ccc(C)cc1. The smallest absolute Gasteiger partial charge is 0.338 e. The van der Waals surface area contributed by atoms with Gasteiger partial charge < -0.3 is 19.1 Å². The Morgan fingerprint density at radius 2 is 1.55 bits per heavy atom. The van der Waals surface area contributed by atoms with Crippen LogP contribution in [0.2, 0.25) is 0 Å². The zero-order chi connectivity index (χ0) is 16.4. The van der Waals surface area contributed by atoms with Gasteiger partial charge in [0, 0.05) is 27.3 Å². The summed E-state index contributed by atoms with van der Waals surface area (Å²) in [6.07, 6.45) is 0. The Balaban J connectivity index is 2.50. The molecule has 0 saturated carbocycles. The maximum Gasteiger partial charge on any atom is 0.338 e. The summed E-state index contributed by atoms with van der Waals surface area (Å²) >= 11 is 0. The van der Waals surface area contributed by atoms with Gasteiger partial charge in [-0.05, 0) is 19.1 Å². The second-order valence-electron chi connectivity index (χ2n) is 4.81. The predicted molar refractivity (Wildman–Crippen MR) is 81.8 cm³/mol. The summed E-state index contributed by atoms with van der Waals surface area (Å²) in [5, 5.41) is 0. The quantitative estimate of drug-likeness (QED) is 0.643. The van der Waals surface area contributed by atoms with Crippen molar-refractivity contribution >= 4 is 11.9 Å². The summed E-state index contributed by atoms with van der Waals surface area (Å²) < 4.78 is 15.0. The number of rotatable bonds is 9. The number of hydrogen-bond acceptors (Lipinski definition) is 5. The number of nitrogens with zero attached hydrogens (tertiary/aromatic N) is 1. The van der Waals surface area contributed by atoms with Crippen molar-refractivity contribution in [3.05, 3.63) is 35.4 Å². The van der Waals surface area contributed by atoms with E-state index < -0.39 is 5.97 Å². The lowest BCUT2D eigenvalue weighted by molar-refractivity contribution is -0.135. The van der Waals surface area contributed by atoms with Crippen molar-refractivity contribution in [1.82, 2.24) is 4.90 Å². The van der Waals surface area contributed by atoms with Crippen LogP contribution in [0.15, 0.2) is 24.3 Å². The number of carbonyl (C=O) groups is 2. The molecule has 0 aliphatic carbocycles. The predicted octanol–water partition coefficient (Wildman–Crippen LogP) is 1.27. The Bertz CT molecular complexity index is 464. The van der Waals surface area contributed by atoms with E-state index in [0.717, 1.165) is 5.56 Å². The summed E-state index contributed by atoms with van der Waals surface area (Å²) in [6, 6.07) is 7.00. The molecule has 1 aromatic carbocycles. The second kappa shape index (κ2) is 9.92. The van der Waals surface area contributed by atoms with Gasteiger partial charge in [-0.3, -0.25) is 4.79 Å². The van der Waals surface area contributed by atoms with Gasteiger partial charge >= 0.3 is 5.97 Å². The van der Waals surface area contributed by atoms with Gasteiger partial charge in [0.05, 0.1) is 18.8 Å². The third-order valence-electron chi connectivity index (χ3n) is 3.10. The second-order valence-corrected chi connectivity index (χ2v) is 4.81. The highest BCUT2D eigenvalue weighted by molar-refractivity contribution is 5.91. The standard InChI is InChI=1S/C16H23NO5/c1-13-4-6-14(7-5-13)16(19)22-12-15(18)17(8-10-20-2)9-11-21-3/h4-7H,8-12H2,1-3H3. The zero-order valence-corrected chi connectivity index (χ0v) is 13.3. The van der Waals surface area contributed by atoms with Crippen LogP contribution in [-0.2, 0) is 19.0 Å². The number of aryl methyl sites for hydroxylation is 1. The van der Waals surface area contributed by atoms with Crippen molar-refractivity contribution in [2.75, 3.05) is 47.1 Å². The first-order chi connectivity index (χ1) is 10.6. The average Bonchev–Trinajstić information content (AvgIpc) is 2.53. The zero-order valence-electron chi connectivity index (χ0n) is 13.3. The average molecular weight is 309 g/mol. The number of esters is 1. The largest absolute Gasteiger partial charge is 0.452 e. The lowest BCUT2D eigenvalue weighted by atomic mass is 10.1. The van der Waals surface area contributed by atoms with Gasteiger partial charge in [0.25, 0.3) is 5.91 Å². The maximum atomic E-state index is 12.1. The molecule has 1 aromatic rings. The van der Waals surface area contributed by atoms with Gasteiger partial charge in [-0.15, -0.1) is 0 Å². The van der Waals surface area contributed by atoms with Gasteiger partial charge in [-0.2, -0.15) is 0 Å². The lowest BCUT2D eigenvalue weighted by Crippen LogP contribution is -2.39. The molecule has 0 unspecified atom stereocenters. The third-order valence-corrected chi connectivity index (χ3v) is 3.10. The van der Waals surface area contributed by atoms with Crippen molar-refractivity contribution in [3.8, 4) is 0 Å². The highest BCUT2D eigenvalue weighted by Crippen LogP contribution is 2.05. The van der Waals surface area contributed by atoms with E-state index in [0.29, 0.717) is 31.9 Å². The van der Waals surface area contributed by atoms with Gasteiger partial charge in [0.2, 0.25) is 0 Å². The minimum atomic E-state index is -0.508. The molecule has 6 nitrogen and oxygen atoms in total. The highest BCUT2D eigenvalue weighted by Gasteiger charge is 2.16. The molecule has 0 aliphatic heterocycles. The first kappa shape index (κ1) is 18.1. The van der Waals surface area contributed by atoms with E-state index in [1.807, 2.05) is 19.1 Å². The Labute approximate surface area is 131 Å². The number of benzene rings is 1. The van der Waals surface area contributed by atoms with E-state index in [-0.39, 0.29) is 12.5 Å². The van der Waals surface area contributed by atoms with E-state index in [4.69, 9.17) is 14.2 Å². The minimum Gasteiger partial charge on any atom is -0.452 e. The summed E-state index contributed by atoms with van der Waals surface area (Å²) in [5.74, 6) is -0.777. The topological polar surface area (TPSA) is 65.1 Å². The van der Waals surface area contributed by atoms with E-state index in [1.165, 1.54) is 0 Å². The molecule has 0 fully saturated rings. The number of amides is 1. The fraction of sp³-hybridized carbons (Fsp3) is 0.500. The van der Waals surface area contributed by atoms with Crippen molar-refractivity contribution in [1.29, 1.82) is 0 Å². The first-order valence-corrected chi connectivity index (χ1v) is 7.08. The molecule has 0 N–H and O–H groups in total. The van der Waals surface area contributed by atoms with E-state index >= 15 is 0 Å². The number of carbonyl (C=O) groups excluding carboxylic acids is 2.